The molecule has 2 rings (SSSR count). The molecule has 2 aromatic rings. The lowest BCUT2D eigenvalue weighted by Crippen LogP contribution is -2.26. The number of benzene rings is 1. The van der Waals surface area contributed by atoms with Crippen LogP contribution in [0, 0.1) is 10.1 Å². The molecule has 1 amide bonds. The second-order valence-corrected chi connectivity index (χ2v) is 4.66. The molecule has 0 radical (unpaired) electrons. The molecule has 1 heterocycles. The summed E-state index contributed by atoms with van der Waals surface area (Å²) in [6, 6.07) is 9.29. The summed E-state index contributed by atoms with van der Waals surface area (Å²) in [7, 11) is 0. The quantitative estimate of drug-likeness (QED) is 0.679. The third-order valence-corrected chi connectivity index (χ3v) is 3.13. The number of non-ortho nitro benzene ring substituents is 1. The van der Waals surface area contributed by atoms with Gasteiger partial charge in [0.05, 0.1) is 15.5 Å². The average Bonchev–Trinajstić information content (AvgIpc) is 2.48. The number of aromatic nitrogens is 1. The Labute approximate surface area is 125 Å². The van der Waals surface area contributed by atoms with Crippen molar-refractivity contribution in [2.24, 2.45) is 0 Å². The molecule has 108 valence electrons. The fraction of sp³-hybridized carbons (Fsp3) is 0.143. The number of nitro groups is 1. The van der Waals surface area contributed by atoms with Crippen LogP contribution in [-0.4, -0.2) is 22.4 Å². The minimum Gasteiger partial charge on any atom is -0.352 e. The Morgan fingerprint density at radius 1 is 1.33 bits per heavy atom. The monoisotopic (exact) mass is 305 g/mol. The SMILES string of the molecule is O=C(NCCc1ccccn1)c1cc([N+](=O)[O-])ccc1Cl. The van der Waals surface area contributed by atoms with Crippen molar-refractivity contribution in [3.05, 3.63) is 69.0 Å². The number of halogens is 1. The third-order valence-electron chi connectivity index (χ3n) is 2.80. The van der Waals surface area contributed by atoms with Gasteiger partial charge in [0.25, 0.3) is 11.6 Å². The number of amides is 1. The maximum Gasteiger partial charge on any atom is 0.270 e. The molecule has 0 spiro atoms. The van der Waals surface area contributed by atoms with Gasteiger partial charge < -0.3 is 5.32 Å². The lowest BCUT2D eigenvalue weighted by atomic mass is 10.2. The molecule has 6 nitrogen and oxygen atoms in total. The van der Waals surface area contributed by atoms with Crippen LogP contribution in [0.5, 0.6) is 0 Å². The van der Waals surface area contributed by atoms with Gasteiger partial charge in [0, 0.05) is 37.0 Å². The average molecular weight is 306 g/mol. The number of carbonyl (C=O) groups is 1. The predicted molar refractivity (Wildman–Crippen MR) is 78.4 cm³/mol. The number of hydrogen-bond donors (Lipinski definition) is 1. The van der Waals surface area contributed by atoms with Crippen LogP contribution in [0.2, 0.25) is 5.02 Å². The van der Waals surface area contributed by atoms with E-state index in [1.807, 2.05) is 18.2 Å². The van der Waals surface area contributed by atoms with Crippen molar-refractivity contribution in [3.63, 3.8) is 0 Å². The largest absolute Gasteiger partial charge is 0.352 e. The number of pyridine rings is 1. The minimum atomic E-state index is -0.568. The highest BCUT2D eigenvalue weighted by atomic mass is 35.5. The molecule has 0 atom stereocenters. The number of rotatable bonds is 5. The molecular formula is C14H12ClN3O3. The minimum absolute atomic E-state index is 0.0897. The van der Waals surface area contributed by atoms with Gasteiger partial charge in [0.1, 0.15) is 0 Å². The van der Waals surface area contributed by atoms with Gasteiger partial charge in [-0.1, -0.05) is 17.7 Å². The van der Waals surface area contributed by atoms with Crippen LogP contribution in [0.3, 0.4) is 0 Å². The maximum absolute atomic E-state index is 12.0. The van der Waals surface area contributed by atoms with E-state index < -0.39 is 10.8 Å². The molecule has 1 aromatic carbocycles. The molecule has 7 heteroatoms. The van der Waals surface area contributed by atoms with E-state index in [0.29, 0.717) is 13.0 Å². The Morgan fingerprint density at radius 3 is 2.81 bits per heavy atom. The standard InChI is InChI=1S/C14H12ClN3O3/c15-13-5-4-11(18(20)21)9-12(13)14(19)17-8-6-10-3-1-2-7-16-10/h1-5,7,9H,6,8H2,(H,17,19). The van der Waals surface area contributed by atoms with E-state index in [1.54, 1.807) is 6.20 Å². The summed E-state index contributed by atoms with van der Waals surface area (Å²) in [5.41, 5.74) is 0.768. The van der Waals surface area contributed by atoms with Crippen LogP contribution in [0.4, 0.5) is 5.69 Å². The van der Waals surface area contributed by atoms with Crippen molar-refractivity contribution in [3.8, 4) is 0 Å². The van der Waals surface area contributed by atoms with E-state index in [1.165, 1.54) is 18.2 Å². The second kappa shape index (κ2) is 6.81. The predicted octanol–water partition coefficient (Wildman–Crippen LogP) is 2.62. The zero-order valence-electron chi connectivity index (χ0n) is 11.0. The summed E-state index contributed by atoms with van der Waals surface area (Å²) in [5, 5.41) is 13.6. The first-order valence-electron chi connectivity index (χ1n) is 6.20. The van der Waals surface area contributed by atoms with Crippen molar-refractivity contribution in [1.82, 2.24) is 10.3 Å². The Bertz CT molecular complexity index is 662. The van der Waals surface area contributed by atoms with Crippen molar-refractivity contribution < 1.29 is 9.72 Å². The third kappa shape index (κ3) is 4.00. The lowest BCUT2D eigenvalue weighted by molar-refractivity contribution is -0.384. The summed E-state index contributed by atoms with van der Waals surface area (Å²) in [4.78, 5) is 26.3. The summed E-state index contributed by atoms with van der Waals surface area (Å²) >= 11 is 5.90. The van der Waals surface area contributed by atoms with Crippen LogP contribution in [-0.2, 0) is 6.42 Å². The molecule has 1 N–H and O–H groups in total. The summed E-state index contributed by atoms with van der Waals surface area (Å²) in [6.07, 6.45) is 2.24. The summed E-state index contributed by atoms with van der Waals surface area (Å²) in [5.74, 6) is -0.445. The van der Waals surface area contributed by atoms with Crippen LogP contribution in [0.15, 0.2) is 42.6 Å². The molecule has 0 saturated heterocycles. The highest BCUT2D eigenvalue weighted by Crippen LogP contribution is 2.21. The van der Waals surface area contributed by atoms with Gasteiger partial charge in [-0.15, -0.1) is 0 Å². The molecule has 0 saturated carbocycles. The van der Waals surface area contributed by atoms with E-state index in [4.69, 9.17) is 11.6 Å². The lowest BCUT2D eigenvalue weighted by Gasteiger charge is -2.06. The molecule has 0 unspecified atom stereocenters. The number of nitro benzene ring substituents is 1. The van der Waals surface area contributed by atoms with Gasteiger partial charge in [-0.25, -0.2) is 0 Å². The van der Waals surface area contributed by atoms with Gasteiger partial charge >= 0.3 is 0 Å². The Hall–Kier alpha value is -2.47. The summed E-state index contributed by atoms with van der Waals surface area (Å²) < 4.78 is 0. The van der Waals surface area contributed by atoms with Crippen molar-refractivity contribution in [1.29, 1.82) is 0 Å². The second-order valence-electron chi connectivity index (χ2n) is 4.25. The van der Waals surface area contributed by atoms with Crippen molar-refractivity contribution in [2.75, 3.05) is 6.54 Å². The van der Waals surface area contributed by atoms with Gasteiger partial charge in [0.2, 0.25) is 0 Å². The first kappa shape index (κ1) is 14.9. The number of carbonyl (C=O) groups excluding carboxylic acids is 1. The molecule has 0 aliphatic carbocycles. The molecule has 0 aliphatic rings. The topological polar surface area (TPSA) is 85.1 Å². The van der Waals surface area contributed by atoms with Gasteiger partial charge in [0.15, 0.2) is 0 Å². The molecule has 1 aromatic heterocycles. The molecule has 21 heavy (non-hydrogen) atoms. The van der Waals surface area contributed by atoms with Gasteiger partial charge in [-0.3, -0.25) is 19.9 Å². The van der Waals surface area contributed by atoms with E-state index in [0.717, 1.165) is 5.69 Å². The molecule has 0 aliphatic heterocycles. The first-order valence-corrected chi connectivity index (χ1v) is 6.58. The Kier molecular flexibility index (Phi) is 4.84. The first-order chi connectivity index (χ1) is 10.1. The molecule has 0 bridgehead atoms. The van der Waals surface area contributed by atoms with Crippen molar-refractivity contribution >= 4 is 23.2 Å². The zero-order valence-corrected chi connectivity index (χ0v) is 11.7. The van der Waals surface area contributed by atoms with Gasteiger partial charge in [-0.2, -0.15) is 0 Å². The van der Waals surface area contributed by atoms with E-state index in [2.05, 4.69) is 10.3 Å². The van der Waals surface area contributed by atoms with E-state index in [9.17, 15) is 14.9 Å². The number of hydrogen-bond acceptors (Lipinski definition) is 4. The smallest absolute Gasteiger partial charge is 0.270 e. The van der Waals surface area contributed by atoms with Crippen LogP contribution in [0.1, 0.15) is 16.1 Å². The number of nitrogens with zero attached hydrogens (tertiary/aromatic N) is 2. The van der Waals surface area contributed by atoms with Crippen molar-refractivity contribution in [2.45, 2.75) is 6.42 Å². The highest BCUT2D eigenvalue weighted by Gasteiger charge is 2.15. The normalized spacial score (nSPS) is 10.1. The fourth-order valence-corrected chi connectivity index (χ4v) is 1.95. The number of nitrogens with one attached hydrogen (secondary N) is 1. The van der Waals surface area contributed by atoms with Crippen LogP contribution < -0.4 is 5.32 Å². The Morgan fingerprint density at radius 2 is 2.14 bits per heavy atom. The highest BCUT2D eigenvalue weighted by molar-refractivity contribution is 6.33. The van der Waals surface area contributed by atoms with Crippen LogP contribution in [0.25, 0.3) is 0 Å². The maximum atomic E-state index is 12.0. The zero-order chi connectivity index (χ0) is 15.2. The van der Waals surface area contributed by atoms with Crippen LogP contribution >= 0.6 is 11.6 Å². The van der Waals surface area contributed by atoms with E-state index in [-0.39, 0.29) is 16.3 Å². The Balaban J connectivity index is 2.00. The molecule has 0 fully saturated rings. The van der Waals surface area contributed by atoms with Gasteiger partial charge in [-0.05, 0) is 18.2 Å². The van der Waals surface area contributed by atoms with E-state index >= 15 is 0 Å². The summed E-state index contributed by atoms with van der Waals surface area (Å²) in [6.45, 7) is 0.370. The molecular weight excluding hydrogens is 294 g/mol. The fourth-order valence-electron chi connectivity index (χ4n) is 1.75.